The van der Waals surface area contributed by atoms with Crippen molar-refractivity contribution in [2.45, 2.75) is 31.0 Å². The van der Waals surface area contributed by atoms with Crippen molar-refractivity contribution in [1.82, 2.24) is 19.5 Å². The van der Waals surface area contributed by atoms with Crippen LogP contribution < -0.4 is 9.64 Å². The van der Waals surface area contributed by atoms with Crippen LogP contribution in [0.15, 0.2) is 67.1 Å². The van der Waals surface area contributed by atoms with E-state index < -0.39 is 6.10 Å². The highest BCUT2D eigenvalue weighted by Crippen LogP contribution is 2.52. The van der Waals surface area contributed by atoms with E-state index in [0.717, 1.165) is 90.7 Å². The molecule has 2 bridgehead atoms. The molecule has 9 nitrogen and oxygen atoms in total. The number of piperazine rings is 1. The number of piperidine rings is 1. The Hall–Kier alpha value is -3.97. The normalized spacial score (nSPS) is 26.9. The van der Waals surface area contributed by atoms with E-state index in [1.807, 2.05) is 48.8 Å². The number of pyridine rings is 2. The summed E-state index contributed by atoms with van der Waals surface area (Å²) in [5, 5.41) is 24.9. The van der Waals surface area contributed by atoms with Crippen LogP contribution in [0.5, 0.6) is 5.75 Å². The zero-order chi connectivity index (χ0) is 28.2. The second-order valence-electron chi connectivity index (χ2n) is 12.2. The Bertz CT molecular complexity index is 1610. The van der Waals surface area contributed by atoms with Crippen molar-refractivity contribution < 1.29 is 14.6 Å². The molecule has 5 fully saturated rings. The van der Waals surface area contributed by atoms with Gasteiger partial charge in [0.1, 0.15) is 17.6 Å². The van der Waals surface area contributed by atoms with Gasteiger partial charge >= 0.3 is 0 Å². The van der Waals surface area contributed by atoms with E-state index in [0.29, 0.717) is 30.8 Å². The summed E-state index contributed by atoms with van der Waals surface area (Å²) in [6, 6.07) is 19.2. The van der Waals surface area contributed by atoms with Crippen molar-refractivity contribution in [3.05, 3.63) is 78.2 Å². The Balaban J connectivity index is 0.967. The number of hydrogen-bond acceptors (Lipinski definition) is 8. The average Bonchev–Trinajstić information content (AvgIpc) is 3.32. The van der Waals surface area contributed by atoms with Gasteiger partial charge in [0.15, 0.2) is 0 Å². The number of ether oxygens (including phenoxy) is 2. The number of nitriles is 1. The van der Waals surface area contributed by atoms with Gasteiger partial charge in [-0.25, -0.2) is 9.50 Å². The van der Waals surface area contributed by atoms with Gasteiger partial charge in [0.2, 0.25) is 0 Å². The Kier molecular flexibility index (Phi) is 6.36. The fourth-order valence-electron chi connectivity index (χ4n) is 7.52. The minimum atomic E-state index is -0.476. The van der Waals surface area contributed by atoms with E-state index >= 15 is 0 Å². The van der Waals surface area contributed by atoms with Crippen LogP contribution in [0.3, 0.4) is 0 Å². The number of aromatic nitrogens is 3. The smallest absolute Gasteiger partial charge is 0.138 e. The molecule has 0 spiro atoms. The molecule has 3 aromatic heterocycles. The van der Waals surface area contributed by atoms with E-state index in [2.05, 4.69) is 33.1 Å². The molecular formula is C33H34N6O3. The van der Waals surface area contributed by atoms with Crippen LogP contribution in [0, 0.1) is 29.1 Å². The third kappa shape index (κ3) is 4.51. The minimum absolute atomic E-state index is 0.395. The molecule has 9 heteroatoms. The largest absolute Gasteiger partial charge is 0.492 e. The lowest BCUT2D eigenvalue weighted by Gasteiger charge is -2.57. The zero-order valence-corrected chi connectivity index (χ0v) is 23.4. The highest BCUT2D eigenvalue weighted by atomic mass is 16.5. The quantitative estimate of drug-likeness (QED) is 0.328. The summed E-state index contributed by atoms with van der Waals surface area (Å²) in [5.74, 6) is 3.87. The number of rotatable bonds is 9. The first-order chi connectivity index (χ1) is 20.7. The molecule has 1 saturated carbocycles. The van der Waals surface area contributed by atoms with Gasteiger partial charge in [-0.2, -0.15) is 10.4 Å². The number of fused-ring (bicyclic) bond motifs is 4. The molecule has 1 aromatic carbocycles. The number of nitrogens with zero attached hydrogens (tertiary/aromatic N) is 6. The van der Waals surface area contributed by atoms with Crippen molar-refractivity contribution >= 4 is 11.3 Å². The van der Waals surface area contributed by atoms with Crippen LogP contribution >= 0.6 is 0 Å². The van der Waals surface area contributed by atoms with Gasteiger partial charge in [0.05, 0.1) is 49.4 Å². The maximum Gasteiger partial charge on any atom is 0.138 e. The first-order valence-electron chi connectivity index (χ1n) is 15.0. The van der Waals surface area contributed by atoms with E-state index in [4.69, 9.17) is 14.5 Å². The summed E-state index contributed by atoms with van der Waals surface area (Å²) in [7, 11) is 0. The van der Waals surface area contributed by atoms with Crippen LogP contribution in [0.4, 0.5) is 5.82 Å². The molecule has 42 heavy (non-hydrogen) atoms. The van der Waals surface area contributed by atoms with Gasteiger partial charge in [-0.3, -0.25) is 4.90 Å². The maximum atomic E-state index is 10.7. The highest BCUT2D eigenvalue weighted by molar-refractivity contribution is 5.85. The minimum Gasteiger partial charge on any atom is -0.492 e. The fraction of sp³-hybridized carbons (Fsp3) is 0.424. The predicted molar refractivity (Wildman–Crippen MR) is 157 cm³/mol. The van der Waals surface area contributed by atoms with Crippen molar-refractivity contribution in [3.8, 4) is 22.9 Å². The molecule has 9 rings (SSSR count). The molecule has 4 aromatic rings. The maximum absolute atomic E-state index is 10.7. The lowest BCUT2D eigenvalue weighted by atomic mass is 9.87. The van der Waals surface area contributed by atoms with Gasteiger partial charge in [-0.1, -0.05) is 30.3 Å². The number of benzene rings is 1. The van der Waals surface area contributed by atoms with Crippen LogP contribution in [0.2, 0.25) is 0 Å². The summed E-state index contributed by atoms with van der Waals surface area (Å²) in [4.78, 5) is 9.68. The number of hydrogen-bond donors (Lipinski definition) is 1. The molecule has 1 aliphatic carbocycles. The third-order valence-electron chi connectivity index (χ3n) is 9.76. The Morgan fingerprint density at radius 3 is 2.62 bits per heavy atom. The summed E-state index contributed by atoms with van der Waals surface area (Å²) in [6.45, 7) is 4.93. The predicted octanol–water partition coefficient (Wildman–Crippen LogP) is 3.93. The first kappa shape index (κ1) is 25.7. The summed E-state index contributed by atoms with van der Waals surface area (Å²) < 4.78 is 13.5. The van der Waals surface area contributed by atoms with Gasteiger partial charge in [-0.05, 0) is 54.4 Å². The van der Waals surface area contributed by atoms with Crippen LogP contribution in [0.25, 0.3) is 16.6 Å². The molecule has 214 valence electrons. The third-order valence-corrected chi connectivity index (χ3v) is 9.76. The summed E-state index contributed by atoms with van der Waals surface area (Å²) in [5.41, 5.74) is 4.08. The molecule has 0 radical (unpaired) electrons. The van der Waals surface area contributed by atoms with Gasteiger partial charge in [0, 0.05) is 49.0 Å². The topological polar surface area (TPSA) is 99.2 Å². The summed E-state index contributed by atoms with van der Waals surface area (Å²) >= 11 is 0. The molecular weight excluding hydrogens is 528 g/mol. The van der Waals surface area contributed by atoms with E-state index in [9.17, 15) is 10.4 Å². The van der Waals surface area contributed by atoms with Crippen molar-refractivity contribution in [1.29, 1.82) is 5.26 Å². The molecule has 4 saturated heterocycles. The van der Waals surface area contributed by atoms with E-state index in [1.54, 1.807) is 10.7 Å². The highest BCUT2D eigenvalue weighted by Gasteiger charge is 2.53. The van der Waals surface area contributed by atoms with Crippen LogP contribution in [0.1, 0.15) is 30.1 Å². The molecule has 5 aliphatic rings. The van der Waals surface area contributed by atoms with Crippen molar-refractivity contribution in [3.63, 3.8) is 0 Å². The van der Waals surface area contributed by atoms with Crippen molar-refractivity contribution in [2.24, 2.45) is 17.8 Å². The molecule has 4 aliphatic heterocycles. The van der Waals surface area contributed by atoms with Gasteiger partial charge in [0.25, 0.3) is 0 Å². The van der Waals surface area contributed by atoms with E-state index in [-0.39, 0.29) is 0 Å². The molecule has 0 amide bonds. The second-order valence-corrected chi connectivity index (χ2v) is 12.2. The lowest BCUT2D eigenvalue weighted by Crippen LogP contribution is -2.69. The summed E-state index contributed by atoms with van der Waals surface area (Å²) in [6.07, 6.45) is 7.08. The van der Waals surface area contributed by atoms with Crippen molar-refractivity contribution in [2.75, 3.05) is 44.4 Å². The SMILES string of the molecule is N#Cc1cnn2cc(OCCC3C4COCC34)cc(-c3ccc(N4C5CC4CN(C[C@@H](O)c4ccccc4)C5)nc3)c12. The van der Waals surface area contributed by atoms with Gasteiger partial charge < -0.3 is 19.5 Å². The van der Waals surface area contributed by atoms with Crippen LogP contribution in [-0.4, -0.2) is 76.1 Å². The fourth-order valence-corrected chi connectivity index (χ4v) is 7.52. The van der Waals surface area contributed by atoms with E-state index in [1.165, 1.54) is 0 Å². The number of anilines is 1. The average molecular weight is 563 g/mol. The van der Waals surface area contributed by atoms with Crippen LogP contribution in [-0.2, 0) is 4.74 Å². The van der Waals surface area contributed by atoms with Gasteiger partial charge in [-0.15, -0.1) is 0 Å². The Morgan fingerprint density at radius 2 is 1.88 bits per heavy atom. The first-order valence-corrected chi connectivity index (χ1v) is 15.0. The lowest BCUT2D eigenvalue weighted by molar-refractivity contribution is 0.0576. The Labute approximate surface area is 244 Å². The molecule has 7 heterocycles. The number of aliphatic hydroxyl groups is 1. The molecule has 4 unspecified atom stereocenters. The second kappa shape index (κ2) is 10.4. The Morgan fingerprint density at radius 1 is 1.07 bits per heavy atom. The monoisotopic (exact) mass is 562 g/mol. The number of aliphatic hydroxyl groups excluding tert-OH is 1. The molecule has 1 N–H and O–H groups in total. The molecule has 5 atom stereocenters. The zero-order valence-electron chi connectivity index (χ0n) is 23.4. The standard InChI is InChI=1S/C33H34N6O3/c34-12-23-14-36-38-17-26(42-9-8-27-29-19-41-20-30(27)29)11-28(33(23)38)22-6-7-32(35-13-22)39-24-10-25(39)16-37(15-24)18-31(40)21-4-2-1-3-5-21/h1-7,11,13-14,17,24-25,27,29-31,40H,8-10,15-16,18-20H2/t24?,25?,27?,29?,30?,31-/m1/s1.